The quantitative estimate of drug-likeness (QED) is 0.398. The molecule has 0 rings (SSSR count). The summed E-state index contributed by atoms with van der Waals surface area (Å²) in [5.74, 6) is 1.81. The first kappa shape index (κ1) is 11.0. The number of ether oxygens (including phenoxy) is 1. The Hall–Kier alpha value is -0.0300. The van der Waals surface area contributed by atoms with Gasteiger partial charge in [-0.3, -0.25) is 4.72 Å². The molecule has 0 aliphatic rings. The van der Waals surface area contributed by atoms with Gasteiger partial charge in [0, 0.05) is 5.75 Å². The van der Waals surface area contributed by atoms with Crippen molar-refractivity contribution in [2.45, 2.75) is 12.8 Å². The first-order valence-electron chi connectivity index (χ1n) is 3.38. The van der Waals surface area contributed by atoms with Crippen molar-refractivity contribution in [3.8, 4) is 0 Å². The Morgan fingerprint density at radius 2 is 2.36 bits per heavy atom. The monoisotopic (exact) mass is 195 g/mol. The van der Waals surface area contributed by atoms with Crippen molar-refractivity contribution in [2.75, 3.05) is 18.6 Å². The SMILES string of the molecule is COC(=O)NSCCCCS. The molecule has 0 spiro atoms. The summed E-state index contributed by atoms with van der Waals surface area (Å²) < 4.78 is 6.89. The van der Waals surface area contributed by atoms with Gasteiger partial charge in [0.2, 0.25) is 0 Å². The second kappa shape index (κ2) is 8.07. The minimum absolute atomic E-state index is 0.388. The third kappa shape index (κ3) is 7.87. The van der Waals surface area contributed by atoms with Gasteiger partial charge in [0.15, 0.2) is 0 Å². The number of carbonyl (C=O) groups excluding carboxylic acids is 1. The second-order valence-corrected chi connectivity index (χ2v) is 3.22. The topological polar surface area (TPSA) is 38.3 Å². The number of hydrogen-bond acceptors (Lipinski definition) is 4. The summed E-state index contributed by atoms with van der Waals surface area (Å²) in [5, 5.41) is 0. The van der Waals surface area contributed by atoms with Gasteiger partial charge in [0.1, 0.15) is 0 Å². The molecule has 0 atom stereocenters. The molecule has 0 radical (unpaired) electrons. The van der Waals surface area contributed by atoms with Crippen LogP contribution in [-0.2, 0) is 4.74 Å². The van der Waals surface area contributed by atoms with Crippen LogP contribution in [0.2, 0.25) is 0 Å². The highest BCUT2D eigenvalue weighted by Crippen LogP contribution is 2.00. The van der Waals surface area contributed by atoms with E-state index >= 15 is 0 Å². The Morgan fingerprint density at radius 3 is 2.91 bits per heavy atom. The van der Waals surface area contributed by atoms with Crippen LogP contribution in [0.1, 0.15) is 12.8 Å². The smallest absolute Gasteiger partial charge is 0.416 e. The van der Waals surface area contributed by atoms with E-state index in [2.05, 4.69) is 22.1 Å². The summed E-state index contributed by atoms with van der Waals surface area (Å²) in [4.78, 5) is 10.5. The highest BCUT2D eigenvalue weighted by molar-refractivity contribution is 7.97. The summed E-state index contributed by atoms with van der Waals surface area (Å²) in [7, 11) is 1.35. The van der Waals surface area contributed by atoms with Gasteiger partial charge in [0.25, 0.3) is 0 Å². The zero-order valence-corrected chi connectivity index (χ0v) is 8.21. The van der Waals surface area contributed by atoms with Crippen molar-refractivity contribution in [1.82, 2.24) is 4.72 Å². The first-order valence-corrected chi connectivity index (χ1v) is 4.99. The Balaban J connectivity index is 2.95. The van der Waals surface area contributed by atoms with E-state index in [1.54, 1.807) is 0 Å². The lowest BCUT2D eigenvalue weighted by atomic mass is 10.4. The largest absolute Gasteiger partial charge is 0.452 e. The number of hydrogen-bond donors (Lipinski definition) is 2. The molecule has 0 aromatic rings. The molecule has 0 heterocycles. The van der Waals surface area contributed by atoms with Crippen molar-refractivity contribution < 1.29 is 9.53 Å². The van der Waals surface area contributed by atoms with Crippen molar-refractivity contribution >= 4 is 30.7 Å². The third-order valence-electron chi connectivity index (χ3n) is 0.995. The predicted octanol–water partition coefficient (Wildman–Crippen LogP) is 1.70. The van der Waals surface area contributed by atoms with E-state index in [0.717, 1.165) is 24.3 Å². The van der Waals surface area contributed by atoms with Crippen LogP contribution in [-0.4, -0.2) is 24.7 Å². The molecule has 66 valence electrons. The lowest BCUT2D eigenvalue weighted by Gasteiger charge is -2.00. The van der Waals surface area contributed by atoms with Gasteiger partial charge in [-0.25, -0.2) is 4.79 Å². The number of nitrogens with one attached hydrogen (secondary N) is 1. The van der Waals surface area contributed by atoms with E-state index < -0.39 is 0 Å². The average Bonchev–Trinajstić information content (AvgIpc) is 2.04. The van der Waals surface area contributed by atoms with Crippen LogP contribution in [0.5, 0.6) is 0 Å². The molecule has 3 nitrogen and oxygen atoms in total. The van der Waals surface area contributed by atoms with Crippen LogP contribution < -0.4 is 4.72 Å². The molecule has 0 fully saturated rings. The fraction of sp³-hybridized carbons (Fsp3) is 0.833. The van der Waals surface area contributed by atoms with Gasteiger partial charge in [-0.2, -0.15) is 12.6 Å². The molecule has 0 aliphatic carbocycles. The second-order valence-electron chi connectivity index (χ2n) is 1.87. The summed E-state index contributed by atoms with van der Waals surface area (Å²) in [5.41, 5.74) is 0. The fourth-order valence-electron chi connectivity index (χ4n) is 0.438. The number of amides is 1. The number of methoxy groups -OCH3 is 1. The highest BCUT2D eigenvalue weighted by atomic mass is 32.2. The lowest BCUT2D eigenvalue weighted by molar-refractivity contribution is 0.178. The maximum atomic E-state index is 10.5. The molecule has 0 unspecified atom stereocenters. The van der Waals surface area contributed by atoms with Crippen LogP contribution in [0.4, 0.5) is 4.79 Å². The zero-order valence-electron chi connectivity index (χ0n) is 6.50. The Labute approximate surface area is 76.8 Å². The number of thiol groups is 1. The Kier molecular flexibility index (Phi) is 8.05. The van der Waals surface area contributed by atoms with Crippen LogP contribution in [0.25, 0.3) is 0 Å². The molecule has 0 aliphatic heterocycles. The molecular formula is C6H13NO2S2. The minimum atomic E-state index is -0.388. The summed E-state index contributed by atoms with van der Waals surface area (Å²) >= 11 is 5.43. The summed E-state index contributed by atoms with van der Waals surface area (Å²) in [6, 6.07) is 0. The zero-order chi connectivity index (χ0) is 8.53. The molecule has 0 saturated carbocycles. The normalized spacial score (nSPS) is 9.27. The first-order chi connectivity index (χ1) is 5.31. The van der Waals surface area contributed by atoms with Crippen molar-refractivity contribution in [2.24, 2.45) is 0 Å². The van der Waals surface area contributed by atoms with Crippen LogP contribution in [0.15, 0.2) is 0 Å². The van der Waals surface area contributed by atoms with Crippen molar-refractivity contribution in [3.63, 3.8) is 0 Å². The van der Waals surface area contributed by atoms with Crippen LogP contribution in [0, 0.1) is 0 Å². The molecule has 11 heavy (non-hydrogen) atoms. The molecule has 0 aromatic heterocycles. The molecule has 1 amide bonds. The molecule has 5 heteroatoms. The molecule has 1 N–H and O–H groups in total. The maximum absolute atomic E-state index is 10.5. The van der Waals surface area contributed by atoms with Crippen molar-refractivity contribution in [1.29, 1.82) is 0 Å². The van der Waals surface area contributed by atoms with Gasteiger partial charge in [-0.1, -0.05) is 0 Å². The van der Waals surface area contributed by atoms with Gasteiger partial charge in [0.05, 0.1) is 7.11 Å². The van der Waals surface area contributed by atoms with E-state index in [4.69, 9.17) is 0 Å². The van der Waals surface area contributed by atoms with E-state index in [1.165, 1.54) is 19.1 Å². The number of carbonyl (C=O) groups is 1. The van der Waals surface area contributed by atoms with Gasteiger partial charge >= 0.3 is 6.09 Å². The molecule has 0 bridgehead atoms. The molecule has 0 aromatic carbocycles. The molecule has 0 saturated heterocycles. The minimum Gasteiger partial charge on any atom is -0.452 e. The van der Waals surface area contributed by atoms with E-state index in [9.17, 15) is 4.79 Å². The number of unbranched alkanes of at least 4 members (excludes halogenated alkanes) is 1. The average molecular weight is 195 g/mol. The third-order valence-corrected chi connectivity index (χ3v) is 2.12. The highest BCUT2D eigenvalue weighted by Gasteiger charge is 1.95. The number of rotatable bonds is 5. The van der Waals surface area contributed by atoms with Gasteiger partial charge in [-0.15, -0.1) is 0 Å². The van der Waals surface area contributed by atoms with Crippen molar-refractivity contribution in [3.05, 3.63) is 0 Å². The van der Waals surface area contributed by atoms with Gasteiger partial charge < -0.3 is 4.74 Å². The van der Waals surface area contributed by atoms with E-state index in [0.29, 0.717) is 0 Å². The van der Waals surface area contributed by atoms with Crippen LogP contribution >= 0.6 is 24.6 Å². The lowest BCUT2D eigenvalue weighted by Crippen LogP contribution is -2.15. The standard InChI is InChI=1S/C6H13NO2S2/c1-9-6(8)7-11-5-3-2-4-10/h10H,2-5H2,1H3,(H,7,8). The summed E-state index contributed by atoms with van der Waals surface area (Å²) in [6.45, 7) is 0. The van der Waals surface area contributed by atoms with E-state index in [-0.39, 0.29) is 6.09 Å². The fourth-order valence-corrected chi connectivity index (χ4v) is 1.31. The molecular weight excluding hydrogens is 182 g/mol. The Bertz CT molecular complexity index is 111. The Morgan fingerprint density at radius 1 is 1.64 bits per heavy atom. The van der Waals surface area contributed by atoms with E-state index in [1.807, 2.05) is 0 Å². The van der Waals surface area contributed by atoms with Gasteiger partial charge in [-0.05, 0) is 30.5 Å². The maximum Gasteiger partial charge on any atom is 0.416 e. The predicted molar refractivity (Wildman–Crippen MR) is 51.1 cm³/mol. The summed E-state index contributed by atoms with van der Waals surface area (Å²) in [6.07, 6.45) is 1.76. The van der Waals surface area contributed by atoms with Crippen LogP contribution in [0.3, 0.4) is 0 Å².